The second-order valence-electron chi connectivity index (χ2n) is 6.23. The van der Waals surface area contributed by atoms with Crippen molar-refractivity contribution in [1.29, 1.82) is 0 Å². The molecule has 27 heavy (non-hydrogen) atoms. The second kappa shape index (κ2) is 7.88. The smallest absolute Gasteiger partial charge is 0.224 e. The molecule has 0 aliphatic carbocycles. The SMILES string of the molecule is CCOc1cc2c(Nc3cnn(C4CCCCO4)c3)nc(Cl)nc2cc1Cl. The van der Waals surface area contributed by atoms with Gasteiger partial charge in [0.25, 0.3) is 0 Å². The highest BCUT2D eigenvalue weighted by Gasteiger charge is 2.17. The van der Waals surface area contributed by atoms with E-state index in [4.69, 9.17) is 32.7 Å². The fourth-order valence-corrected chi connectivity index (χ4v) is 3.48. The Balaban J connectivity index is 1.66. The lowest BCUT2D eigenvalue weighted by atomic mass is 10.2. The summed E-state index contributed by atoms with van der Waals surface area (Å²) in [7, 11) is 0. The van der Waals surface area contributed by atoms with E-state index in [1.807, 2.05) is 23.9 Å². The average molecular weight is 408 g/mol. The van der Waals surface area contributed by atoms with Crippen LogP contribution in [0.15, 0.2) is 24.5 Å². The number of nitrogens with zero attached hydrogens (tertiary/aromatic N) is 4. The summed E-state index contributed by atoms with van der Waals surface area (Å²) in [5.41, 5.74) is 1.42. The number of ether oxygens (including phenoxy) is 2. The number of halogens is 2. The summed E-state index contributed by atoms with van der Waals surface area (Å²) >= 11 is 12.4. The van der Waals surface area contributed by atoms with Crippen molar-refractivity contribution in [2.75, 3.05) is 18.5 Å². The zero-order valence-corrected chi connectivity index (χ0v) is 16.3. The van der Waals surface area contributed by atoms with E-state index in [1.54, 1.807) is 12.3 Å². The minimum atomic E-state index is -0.0246. The molecule has 7 nitrogen and oxygen atoms in total. The summed E-state index contributed by atoms with van der Waals surface area (Å²) in [6.07, 6.45) is 6.80. The number of rotatable bonds is 5. The molecule has 9 heteroatoms. The first-order valence-electron chi connectivity index (χ1n) is 8.86. The van der Waals surface area contributed by atoms with Crippen LogP contribution in [0.5, 0.6) is 5.75 Å². The van der Waals surface area contributed by atoms with Crippen LogP contribution >= 0.6 is 23.2 Å². The van der Waals surface area contributed by atoms with Crippen molar-refractivity contribution in [3.8, 4) is 5.75 Å². The Labute approximate surface area is 166 Å². The van der Waals surface area contributed by atoms with Gasteiger partial charge in [0.15, 0.2) is 0 Å². The van der Waals surface area contributed by atoms with Crippen LogP contribution in [-0.4, -0.2) is 33.0 Å². The standard InChI is InChI=1S/C18H19Cl2N5O2/c1-2-26-15-7-12-14(8-13(15)19)23-18(20)24-17(12)22-11-9-21-25(10-11)16-5-3-4-6-27-16/h7-10,16H,2-6H2,1H3,(H,22,23,24). The number of fused-ring (bicyclic) bond motifs is 1. The molecule has 2 aromatic heterocycles. The van der Waals surface area contributed by atoms with Gasteiger partial charge in [0.1, 0.15) is 17.8 Å². The van der Waals surface area contributed by atoms with E-state index in [2.05, 4.69) is 20.4 Å². The predicted octanol–water partition coefficient (Wildman–Crippen LogP) is 4.97. The molecule has 0 amide bonds. The Morgan fingerprint density at radius 2 is 2.19 bits per heavy atom. The van der Waals surface area contributed by atoms with Crippen molar-refractivity contribution in [1.82, 2.24) is 19.7 Å². The van der Waals surface area contributed by atoms with Gasteiger partial charge in [-0.05, 0) is 49.9 Å². The number of hydrogen-bond donors (Lipinski definition) is 1. The summed E-state index contributed by atoms with van der Waals surface area (Å²) in [5, 5.41) is 9.04. The van der Waals surface area contributed by atoms with Gasteiger partial charge in [-0.3, -0.25) is 0 Å². The van der Waals surface area contributed by atoms with Gasteiger partial charge in [0.2, 0.25) is 5.28 Å². The van der Waals surface area contributed by atoms with Crippen LogP contribution in [0.25, 0.3) is 10.9 Å². The first-order valence-corrected chi connectivity index (χ1v) is 9.62. The van der Waals surface area contributed by atoms with Gasteiger partial charge in [0.05, 0.1) is 35.2 Å². The topological polar surface area (TPSA) is 74.1 Å². The van der Waals surface area contributed by atoms with Crippen molar-refractivity contribution in [3.63, 3.8) is 0 Å². The molecular formula is C18H19Cl2N5O2. The molecular weight excluding hydrogens is 389 g/mol. The zero-order valence-electron chi connectivity index (χ0n) is 14.8. The van der Waals surface area contributed by atoms with Crippen LogP contribution in [0.2, 0.25) is 10.3 Å². The Bertz CT molecular complexity index is 956. The summed E-state index contributed by atoms with van der Waals surface area (Å²) in [4.78, 5) is 8.58. The van der Waals surface area contributed by atoms with E-state index < -0.39 is 0 Å². The zero-order chi connectivity index (χ0) is 18.8. The van der Waals surface area contributed by atoms with Crippen LogP contribution in [0.1, 0.15) is 32.4 Å². The lowest BCUT2D eigenvalue weighted by molar-refractivity contribution is -0.0394. The maximum absolute atomic E-state index is 6.26. The van der Waals surface area contributed by atoms with Crippen LogP contribution in [0, 0.1) is 0 Å². The number of anilines is 2. The molecule has 0 radical (unpaired) electrons. The van der Waals surface area contributed by atoms with E-state index in [-0.39, 0.29) is 11.5 Å². The Morgan fingerprint density at radius 3 is 2.96 bits per heavy atom. The maximum atomic E-state index is 6.26. The molecule has 1 aromatic carbocycles. The third kappa shape index (κ3) is 3.95. The molecule has 4 rings (SSSR count). The van der Waals surface area contributed by atoms with Crippen molar-refractivity contribution < 1.29 is 9.47 Å². The van der Waals surface area contributed by atoms with Gasteiger partial charge in [-0.25, -0.2) is 9.67 Å². The molecule has 1 atom stereocenters. The largest absolute Gasteiger partial charge is 0.492 e. The minimum Gasteiger partial charge on any atom is -0.492 e. The van der Waals surface area contributed by atoms with E-state index in [1.165, 1.54) is 0 Å². The minimum absolute atomic E-state index is 0.0246. The van der Waals surface area contributed by atoms with Crippen LogP contribution < -0.4 is 10.1 Å². The van der Waals surface area contributed by atoms with Crippen molar-refractivity contribution >= 4 is 45.6 Å². The van der Waals surface area contributed by atoms with Gasteiger partial charge in [-0.15, -0.1) is 0 Å². The fourth-order valence-electron chi connectivity index (χ4n) is 3.09. The Morgan fingerprint density at radius 1 is 1.30 bits per heavy atom. The molecule has 3 aromatic rings. The van der Waals surface area contributed by atoms with Crippen molar-refractivity contribution in [2.24, 2.45) is 0 Å². The number of benzene rings is 1. The average Bonchev–Trinajstić information content (AvgIpc) is 3.12. The van der Waals surface area contributed by atoms with Gasteiger partial charge < -0.3 is 14.8 Å². The molecule has 1 fully saturated rings. The highest BCUT2D eigenvalue weighted by Crippen LogP contribution is 2.34. The highest BCUT2D eigenvalue weighted by molar-refractivity contribution is 6.33. The molecule has 142 valence electrons. The molecule has 0 saturated carbocycles. The van der Waals surface area contributed by atoms with Gasteiger partial charge in [-0.2, -0.15) is 10.1 Å². The normalized spacial score (nSPS) is 17.2. The molecule has 1 N–H and O–H groups in total. The predicted molar refractivity (Wildman–Crippen MR) is 105 cm³/mol. The van der Waals surface area contributed by atoms with Crippen LogP contribution in [-0.2, 0) is 4.74 Å². The number of nitrogens with one attached hydrogen (secondary N) is 1. The van der Waals surface area contributed by atoms with Gasteiger partial charge in [-0.1, -0.05) is 11.6 Å². The Hall–Kier alpha value is -2.09. The first-order chi connectivity index (χ1) is 13.1. The number of aromatic nitrogens is 4. The summed E-state index contributed by atoms with van der Waals surface area (Å²) in [6, 6.07) is 3.54. The summed E-state index contributed by atoms with van der Waals surface area (Å²) in [6.45, 7) is 3.18. The molecule has 1 saturated heterocycles. The van der Waals surface area contributed by atoms with Crippen molar-refractivity contribution in [3.05, 3.63) is 34.8 Å². The lowest BCUT2D eigenvalue weighted by Gasteiger charge is -2.22. The fraction of sp³-hybridized carbons (Fsp3) is 0.389. The van der Waals surface area contributed by atoms with Gasteiger partial charge in [0, 0.05) is 12.0 Å². The van der Waals surface area contributed by atoms with Gasteiger partial charge >= 0.3 is 0 Å². The van der Waals surface area contributed by atoms with Crippen LogP contribution in [0.4, 0.5) is 11.5 Å². The second-order valence-corrected chi connectivity index (χ2v) is 6.97. The third-order valence-electron chi connectivity index (χ3n) is 4.34. The molecule has 0 spiro atoms. The molecule has 3 heterocycles. The third-order valence-corrected chi connectivity index (χ3v) is 4.80. The quantitative estimate of drug-likeness (QED) is 0.601. The molecule has 1 aliphatic rings. The maximum Gasteiger partial charge on any atom is 0.224 e. The number of hydrogen-bond acceptors (Lipinski definition) is 6. The van der Waals surface area contributed by atoms with E-state index in [9.17, 15) is 0 Å². The molecule has 1 unspecified atom stereocenters. The molecule has 1 aliphatic heterocycles. The van der Waals surface area contributed by atoms with E-state index >= 15 is 0 Å². The molecule has 0 bridgehead atoms. The first kappa shape index (κ1) is 18.3. The van der Waals surface area contributed by atoms with Crippen molar-refractivity contribution in [2.45, 2.75) is 32.4 Å². The summed E-state index contributed by atoms with van der Waals surface area (Å²) in [5.74, 6) is 1.14. The summed E-state index contributed by atoms with van der Waals surface area (Å²) < 4.78 is 13.2. The van der Waals surface area contributed by atoms with E-state index in [0.717, 1.165) is 36.9 Å². The van der Waals surface area contributed by atoms with Crippen LogP contribution in [0.3, 0.4) is 0 Å². The van der Waals surface area contributed by atoms with E-state index in [0.29, 0.717) is 28.7 Å². The Kier molecular flexibility index (Phi) is 5.33. The lowest BCUT2D eigenvalue weighted by Crippen LogP contribution is -2.18. The monoisotopic (exact) mass is 407 g/mol. The highest BCUT2D eigenvalue weighted by atomic mass is 35.5.